The van der Waals surface area contributed by atoms with Gasteiger partial charge in [0.25, 0.3) is 0 Å². The van der Waals surface area contributed by atoms with Crippen molar-refractivity contribution in [2.45, 2.75) is 47.6 Å². The van der Waals surface area contributed by atoms with E-state index in [0.717, 1.165) is 44.5 Å². The third-order valence-corrected chi connectivity index (χ3v) is 6.53. The van der Waals surface area contributed by atoms with Crippen LogP contribution in [0.4, 0.5) is 0 Å². The van der Waals surface area contributed by atoms with Crippen molar-refractivity contribution in [3.8, 4) is 18.1 Å². The number of aryl methyl sites for hydroxylation is 1. The topological polar surface area (TPSA) is 55.5 Å². The molecule has 0 bridgehead atoms. The van der Waals surface area contributed by atoms with Crippen molar-refractivity contribution < 1.29 is 9.84 Å². The number of rotatable bonds is 11. The van der Waals surface area contributed by atoms with Crippen LogP contribution in [0, 0.1) is 12.3 Å². The fourth-order valence-electron chi connectivity index (χ4n) is 3.36. The number of hydrogen-bond acceptors (Lipinski definition) is 4. The van der Waals surface area contributed by atoms with Gasteiger partial charge in [-0.25, -0.2) is 0 Å². The molecule has 3 aromatic rings. The normalized spacial score (nSPS) is 12.7. The van der Waals surface area contributed by atoms with Crippen LogP contribution in [0.2, 0.25) is 5.02 Å². The van der Waals surface area contributed by atoms with E-state index in [9.17, 15) is 5.11 Å². The molecule has 32 heavy (non-hydrogen) atoms. The van der Waals surface area contributed by atoms with Crippen LogP contribution in [-0.4, -0.2) is 17.3 Å². The SMILES string of the molecule is C#CCC(N)(CO)CCCc1ccc(Sc2cccc(OCc3ccccc3)c2)cc1Cl. The van der Waals surface area contributed by atoms with Crippen molar-refractivity contribution in [3.05, 3.63) is 88.9 Å². The molecule has 5 heteroatoms. The Labute approximate surface area is 200 Å². The van der Waals surface area contributed by atoms with E-state index in [1.54, 1.807) is 11.8 Å². The Morgan fingerprint density at radius 2 is 1.81 bits per heavy atom. The van der Waals surface area contributed by atoms with Gasteiger partial charge in [-0.1, -0.05) is 65.8 Å². The van der Waals surface area contributed by atoms with Crippen LogP contribution in [0.25, 0.3) is 0 Å². The predicted molar refractivity (Wildman–Crippen MR) is 133 cm³/mol. The minimum atomic E-state index is -0.718. The van der Waals surface area contributed by atoms with E-state index in [2.05, 4.69) is 36.3 Å². The average Bonchev–Trinajstić information content (AvgIpc) is 2.80. The summed E-state index contributed by atoms with van der Waals surface area (Å²) in [5.41, 5.74) is 7.63. The third kappa shape index (κ3) is 7.32. The first-order valence-electron chi connectivity index (χ1n) is 10.6. The lowest BCUT2D eigenvalue weighted by Gasteiger charge is -2.24. The number of benzene rings is 3. The highest BCUT2D eigenvalue weighted by molar-refractivity contribution is 7.99. The Hall–Kier alpha value is -2.42. The molecule has 0 aliphatic rings. The van der Waals surface area contributed by atoms with E-state index < -0.39 is 5.54 Å². The standard InChI is InChI=1S/C27H28ClNO2S/c1-2-15-27(29,20-30)16-7-10-22-13-14-25(18-26(22)28)32-24-12-6-11-23(17-24)31-19-21-8-4-3-5-9-21/h1,3-6,8-9,11-14,17-18,30H,7,10,15-16,19-20,29H2. The summed E-state index contributed by atoms with van der Waals surface area (Å²) in [5.74, 6) is 3.38. The zero-order valence-electron chi connectivity index (χ0n) is 18.0. The van der Waals surface area contributed by atoms with Crippen molar-refractivity contribution in [1.29, 1.82) is 0 Å². The Morgan fingerprint density at radius 1 is 1.03 bits per heavy atom. The molecule has 3 aromatic carbocycles. The quantitative estimate of drug-likeness (QED) is 0.335. The molecule has 0 saturated heterocycles. The number of terminal acetylenes is 1. The molecule has 0 aromatic heterocycles. The Morgan fingerprint density at radius 3 is 2.53 bits per heavy atom. The lowest BCUT2D eigenvalue weighted by Crippen LogP contribution is -2.43. The fraction of sp³-hybridized carbons (Fsp3) is 0.259. The minimum Gasteiger partial charge on any atom is -0.489 e. The van der Waals surface area contributed by atoms with Crippen LogP contribution in [0.15, 0.2) is 82.6 Å². The van der Waals surface area contributed by atoms with Crippen molar-refractivity contribution in [2.24, 2.45) is 5.73 Å². The van der Waals surface area contributed by atoms with Crippen LogP contribution >= 0.6 is 23.4 Å². The van der Waals surface area contributed by atoms with Gasteiger partial charge in [0.15, 0.2) is 0 Å². The van der Waals surface area contributed by atoms with Crippen LogP contribution in [0.3, 0.4) is 0 Å². The molecule has 0 heterocycles. The Kier molecular flexibility index (Phi) is 9.08. The number of aliphatic hydroxyl groups is 1. The predicted octanol–water partition coefficient (Wildman–Crippen LogP) is 6.11. The van der Waals surface area contributed by atoms with E-state index >= 15 is 0 Å². The van der Waals surface area contributed by atoms with Gasteiger partial charge in [0.2, 0.25) is 0 Å². The van der Waals surface area contributed by atoms with Gasteiger partial charge >= 0.3 is 0 Å². The van der Waals surface area contributed by atoms with Gasteiger partial charge in [-0.2, -0.15) is 0 Å². The number of halogens is 1. The van der Waals surface area contributed by atoms with Gasteiger partial charge in [-0.05, 0) is 60.7 Å². The molecular formula is C27H28ClNO2S. The molecule has 0 radical (unpaired) electrons. The highest BCUT2D eigenvalue weighted by Gasteiger charge is 2.22. The maximum absolute atomic E-state index is 9.50. The van der Waals surface area contributed by atoms with Crippen LogP contribution in [-0.2, 0) is 13.0 Å². The van der Waals surface area contributed by atoms with Crippen LogP contribution < -0.4 is 10.5 Å². The van der Waals surface area contributed by atoms with Gasteiger partial charge in [0, 0.05) is 26.8 Å². The second kappa shape index (κ2) is 12.0. The molecule has 1 atom stereocenters. The molecular weight excluding hydrogens is 438 g/mol. The van der Waals surface area contributed by atoms with E-state index in [0.29, 0.717) is 19.4 Å². The lowest BCUT2D eigenvalue weighted by molar-refractivity contribution is 0.188. The summed E-state index contributed by atoms with van der Waals surface area (Å²) in [6.07, 6.45) is 7.97. The largest absolute Gasteiger partial charge is 0.489 e. The summed E-state index contributed by atoms with van der Waals surface area (Å²) >= 11 is 8.18. The molecule has 0 fully saturated rings. The molecule has 3 nitrogen and oxygen atoms in total. The zero-order chi connectivity index (χ0) is 22.8. The van der Waals surface area contributed by atoms with Crippen molar-refractivity contribution >= 4 is 23.4 Å². The molecule has 166 valence electrons. The fourth-order valence-corrected chi connectivity index (χ4v) is 4.60. The minimum absolute atomic E-state index is 0.116. The smallest absolute Gasteiger partial charge is 0.120 e. The lowest BCUT2D eigenvalue weighted by atomic mass is 9.90. The number of ether oxygens (including phenoxy) is 1. The van der Waals surface area contributed by atoms with Crippen molar-refractivity contribution in [1.82, 2.24) is 0 Å². The van der Waals surface area contributed by atoms with Gasteiger partial charge in [0.1, 0.15) is 12.4 Å². The van der Waals surface area contributed by atoms with Gasteiger partial charge in [-0.15, -0.1) is 12.3 Å². The average molecular weight is 466 g/mol. The monoisotopic (exact) mass is 465 g/mol. The number of aliphatic hydroxyl groups excluding tert-OH is 1. The Bertz CT molecular complexity index is 1050. The van der Waals surface area contributed by atoms with Gasteiger partial charge in [-0.3, -0.25) is 0 Å². The van der Waals surface area contributed by atoms with Crippen LogP contribution in [0.1, 0.15) is 30.4 Å². The third-order valence-electron chi connectivity index (χ3n) is 5.20. The summed E-state index contributed by atoms with van der Waals surface area (Å²) in [5, 5.41) is 10.2. The highest BCUT2D eigenvalue weighted by Crippen LogP contribution is 2.33. The first-order chi connectivity index (χ1) is 15.5. The van der Waals surface area contributed by atoms with Gasteiger partial charge < -0.3 is 15.6 Å². The second-order valence-electron chi connectivity index (χ2n) is 7.86. The van der Waals surface area contributed by atoms with Gasteiger partial charge in [0.05, 0.1) is 6.61 Å². The molecule has 0 spiro atoms. The summed E-state index contributed by atoms with van der Waals surface area (Å²) in [7, 11) is 0. The summed E-state index contributed by atoms with van der Waals surface area (Å²) in [4.78, 5) is 2.15. The van der Waals surface area contributed by atoms with E-state index in [-0.39, 0.29) is 6.61 Å². The number of hydrogen-bond donors (Lipinski definition) is 2. The molecule has 3 N–H and O–H groups in total. The van der Waals surface area contributed by atoms with Crippen molar-refractivity contribution in [2.75, 3.05) is 6.61 Å². The maximum Gasteiger partial charge on any atom is 0.120 e. The van der Waals surface area contributed by atoms with E-state index in [1.807, 2.05) is 42.5 Å². The zero-order valence-corrected chi connectivity index (χ0v) is 19.5. The molecule has 0 aliphatic heterocycles. The van der Waals surface area contributed by atoms with Crippen molar-refractivity contribution in [3.63, 3.8) is 0 Å². The summed E-state index contributed by atoms with van der Waals surface area (Å²) in [6.45, 7) is 0.422. The first kappa shape index (κ1) is 24.2. The van der Waals surface area contributed by atoms with E-state index in [4.69, 9.17) is 28.5 Å². The molecule has 0 saturated carbocycles. The number of nitrogens with two attached hydrogens (primary N) is 1. The molecule has 0 aliphatic carbocycles. The maximum atomic E-state index is 9.50. The van der Waals surface area contributed by atoms with E-state index in [1.165, 1.54) is 0 Å². The summed E-state index contributed by atoms with van der Waals surface area (Å²) in [6, 6.07) is 24.3. The Balaban J connectivity index is 1.56. The van der Waals surface area contributed by atoms with Crippen LogP contribution in [0.5, 0.6) is 5.75 Å². The summed E-state index contributed by atoms with van der Waals surface area (Å²) < 4.78 is 5.93. The first-order valence-corrected chi connectivity index (χ1v) is 11.8. The molecule has 3 rings (SSSR count). The highest BCUT2D eigenvalue weighted by atomic mass is 35.5. The molecule has 0 amide bonds. The second-order valence-corrected chi connectivity index (χ2v) is 9.41. The molecule has 1 unspecified atom stereocenters.